The van der Waals surface area contributed by atoms with Crippen LogP contribution in [0.5, 0.6) is 0 Å². The van der Waals surface area contributed by atoms with Gasteiger partial charge in [-0.1, -0.05) is 24.3 Å². The van der Waals surface area contributed by atoms with Crippen LogP contribution in [0.15, 0.2) is 57.7 Å². The van der Waals surface area contributed by atoms with E-state index in [1.165, 1.54) is 4.57 Å². The van der Waals surface area contributed by atoms with Gasteiger partial charge in [-0.15, -0.1) is 0 Å². The number of nitrogens with one attached hydrogen (secondary N) is 2. The normalized spacial score (nSPS) is 13.8. The maximum atomic E-state index is 12.7. The highest BCUT2D eigenvalue weighted by molar-refractivity contribution is 7.92. The molecule has 1 heterocycles. The van der Waals surface area contributed by atoms with Crippen LogP contribution < -0.4 is 15.8 Å². The average Bonchev–Trinajstić information content (AvgIpc) is 2.95. The van der Waals surface area contributed by atoms with Gasteiger partial charge >= 0.3 is 5.76 Å². The molecule has 0 aliphatic rings. The highest BCUT2D eigenvalue weighted by Crippen LogP contribution is 2.20. The molecule has 0 aliphatic heterocycles. The Hall–Kier alpha value is -3.07. The van der Waals surface area contributed by atoms with Crippen molar-refractivity contribution in [2.24, 2.45) is 0 Å². The predicted octanol–water partition coefficient (Wildman–Crippen LogP) is 2.40. The lowest BCUT2D eigenvalue weighted by molar-refractivity contribution is -0.124. The second-order valence-corrected chi connectivity index (χ2v) is 8.36. The number of carbonyl (C=O) groups excluding carboxylic acids is 1. The molecule has 0 fully saturated rings. The number of anilines is 1. The molecule has 28 heavy (non-hydrogen) atoms. The van der Waals surface area contributed by atoms with Gasteiger partial charge in [0.05, 0.1) is 17.8 Å². The molecular formula is C19H21N3O5S. The van der Waals surface area contributed by atoms with Gasteiger partial charge in [0.1, 0.15) is 6.04 Å². The minimum atomic E-state index is -3.40. The summed E-state index contributed by atoms with van der Waals surface area (Å²) in [7, 11) is -3.40. The number of fused-ring (bicyclic) bond motifs is 1. The van der Waals surface area contributed by atoms with Crippen LogP contribution in [0.25, 0.3) is 11.1 Å². The molecule has 2 aromatic carbocycles. The molecule has 0 saturated carbocycles. The van der Waals surface area contributed by atoms with E-state index in [0.717, 1.165) is 11.8 Å². The van der Waals surface area contributed by atoms with Gasteiger partial charge in [0, 0.05) is 5.69 Å². The summed E-state index contributed by atoms with van der Waals surface area (Å²) < 4.78 is 31.7. The van der Waals surface area contributed by atoms with Crippen molar-refractivity contribution < 1.29 is 17.6 Å². The van der Waals surface area contributed by atoms with Gasteiger partial charge in [-0.2, -0.15) is 0 Å². The largest absolute Gasteiger partial charge is 0.420 e. The second kappa shape index (κ2) is 7.51. The molecule has 0 saturated heterocycles. The van der Waals surface area contributed by atoms with E-state index in [4.69, 9.17) is 4.42 Å². The van der Waals surface area contributed by atoms with Gasteiger partial charge in [-0.05, 0) is 43.7 Å². The summed E-state index contributed by atoms with van der Waals surface area (Å²) in [5, 5.41) is 2.85. The number of rotatable bonds is 6. The van der Waals surface area contributed by atoms with Crippen LogP contribution in [0.1, 0.15) is 31.5 Å². The Balaban J connectivity index is 1.79. The molecule has 9 heteroatoms. The molecule has 3 rings (SSSR count). The first-order valence-electron chi connectivity index (χ1n) is 8.64. The average molecular weight is 403 g/mol. The minimum absolute atomic E-state index is 0.359. The van der Waals surface area contributed by atoms with Crippen molar-refractivity contribution in [3.05, 3.63) is 64.6 Å². The zero-order chi connectivity index (χ0) is 20.5. The van der Waals surface area contributed by atoms with E-state index >= 15 is 0 Å². The summed E-state index contributed by atoms with van der Waals surface area (Å²) in [5.74, 6) is -0.960. The fraction of sp³-hybridized carbons (Fsp3) is 0.263. The third-order valence-electron chi connectivity index (χ3n) is 4.33. The molecule has 2 atom stereocenters. The van der Waals surface area contributed by atoms with E-state index in [0.29, 0.717) is 16.8 Å². The molecule has 0 radical (unpaired) electrons. The standard InChI is InChI=1S/C19H21N3O5S/c1-12(14-7-6-8-15(11-14)21-28(3,25)26)20-18(23)13(2)22-16-9-4-5-10-17(16)27-19(22)24/h4-13,21H,1-3H3,(H,20,23). The lowest BCUT2D eigenvalue weighted by Gasteiger charge is -2.19. The van der Waals surface area contributed by atoms with Gasteiger partial charge in [-0.25, -0.2) is 13.2 Å². The number of para-hydroxylation sites is 2. The van der Waals surface area contributed by atoms with Crippen LogP contribution in [0, 0.1) is 0 Å². The molecule has 2 unspecified atom stereocenters. The van der Waals surface area contributed by atoms with E-state index in [1.807, 2.05) is 0 Å². The molecule has 3 aromatic rings. The monoisotopic (exact) mass is 403 g/mol. The van der Waals surface area contributed by atoms with E-state index in [1.54, 1.807) is 62.4 Å². The topological polar surface area (TPSA) is 110 Å². The smallest absolute Gasteiger partial charge is 0.408 e. The van der Waals surface area contributed by atoms with Gasteiger partial charge in [0.15, 0.2) is 5.58 Å². The van der Waals surface area contributed by atoms with E-state index in [-0.39, 0.29) is 5.91 Å². The minimum Gasteiger partial charge on any atom is -0.408 e. The Bertz CT molecular complexity index is 1180. The molecule has 148 valence electrons. The number of benzene rings is 2. The fourth-order valence-corrected chi connectivity index (χ4v) is 3.53. The summed E-state index contributed by atoms with van der Waals surface area (Å²) >= 11 is 0. The number of hydrogen-bond acceptors (Lipinski definition) is 5. The Morgan fingerprint density at radius 3 is 2.54 bits per heavy atom. The summed E-state index contributed by atoms with van der Waals surface area (Å²) in [6.07, 6.45) is 1.07. The third kappa shape index (κ3) is 4.25. The zero-order valence-electron chi connectivity index (χ0n) is 15.7. The lowest BCUT2D eigenvalue weighted by atomic mass is 10.1. The quantitative estimate of drug-likeness (QED) is 0.657. The van der Waals surface area contributed by atoms with Gasteiger partial charge < -0.3 is 9.73 Å². The first-order valence-corrected chi connectivity index (χ1v) is 10.5. The van der Waals surface area contributed by atoms with Crippen LogP contribution in [-0.4, -0.2) is 25.1 Å². The van der Waals surface area contributed by atoms with E-state index in [9.17, 15) is 18.0 Å². The second-order valence-electron chi connectivity index (χ2n) is 6.61. The number of oxazole rings is 1. The number of aromatic nitrogens is 1. The van der Waals surface area contributed by atoms with Crippen molar-refractivity contribution in [2.75, 3.05) is 11.0 Å². The molecule has 0 spiro atoms. The summed E-state index contributed by atoms with van der Waals surface area (Å²) in [6.45, 7) is 3.40. The molecule has 1 amide bonds. The maximum Gasteiger partial charge on any atom is 0.420 e. The summed E-state index contributed by atoms with van der Waals surface area (Å²) in [6, 6.07) is 12.5. The van der Waals surface area contributed by atoms with Crippen LogP contribution in [-0.2, 0) is 14.8 Å². The van der Waals surface area contributed by atoms with Crippen molar-refractivity contribution in [3.8, 4) is 0 Å². The third-order valence-corrected chi connectivity index (χ3v) is 4.94. The number of amides is 1. The molecule has 8 nitrogen and oxygen atoms in total. The number of sulfonamides is 1. The summed E-state index contributed by atoms with van der Waals surface area (Å²) in [5.41, 5.74) is 2.09. The van der Waals surface area contributed by atoms with Gasteiger partial charge in [-0.3, -0.25) is 14.1 Å². The Kier molecular flexibility index (Phi) is 5.28. The van der Waals surface area contributed by atoms with E-state index in [2.05, 4.69) is 10.0 Å². The van der Waals surface area contributed by atoms with Crippen molar-refractivity contribution in [1.82, 2.24) is 9.88 Å². The number of nitrogens with zero attached hydrogens (tertiary/aromatic N) is 1. The SMILES string of the molecule is CC(NC(=O)C(C)n1c(=O)oc2ccccc21)c1cccc(NS(C)(=O)=O)c1. The molecule has 1 aromatic heterocycles. The Morgan fingerprint density at radius 1 is 1.11 bits per heavy atom. The van der Waals surface area contributed by atoms with Crippen LogP contribution in [0.3, 0.4) is 0 Å². The number of hydrogen-bond donors (Lipinski definition) is 2. The Morgan fingerprint density at radius 2 is 1.82 bits per heavy atom. The van der Waals surface area contributed by atoms with Crippen LogP contribution in [0.4, 0.5) is 5.69 Å². The number of carbonyl (C=O) groups is 1. The van der Waals surface area contributed by atoms with Crippen molar-refractivity contribution in [2.45, 2.75) is 25.9 Å². The van der Waals surface area contributed by atoms with Crippen LogP contribution in [0.2, 0.25) is 0 Å². The highest BCUT2D eigenvalue weighted by atomic mass is 32.2. The van der Waals surface area contributed by atoms with Gasteiger partial charge in [0.2, 0.25) is 15.9 Å². The summed E-state index contributed by atoms with van der Waals surface area (Å²) in [4.78, 5) is 24.9. The van der Waals surface area contributed by atoms with Crippen molar-refractivity contribution in [3.63, 3.8) is 0 Å². The fourth-order valence-electron chi connectivity index (χ4n) is 2.97. The van der Waals surface area contributed by atoms with E-state index < -0.39 is 27.9 Å². The molecular weight excluding hydrogens is 382 g/mol. The lowest BCUT2D eigenvalue weighted by Crippen LogP contribution is -2.35. The first kappa shape index (κ1) is 19.7. The molecule has 0 bridgehead atoms. The Labute approximate surface area is 162 Å². The van der Waals surface area contributed by atoms with Crippen molar-refractivity contribution >= 4 is 32.7 Å². The van der Waals surface area contributed by atoms with Crippen LogP contribution >= 0.6 is 0 Å². The van der Waals surface area contributed by atoms with Crippen molar-refractivity contribution in [1.29, 1.82) is 0 Å². The first-order chi connectivity index (χ1) is 13.2. The predicted molar refractivity (Wildman–Crippen MR) is 107 cm³/mol. The van der Waals surface area contributed by atoms with Gasteiger partial charge in [0.25, 0.3) is 0 Å². The highest BCUT2D eigenvalue weighted by Gasteiger charge is 2.22. The molecule has 0 aliphatic carbocycles. The maximum absolute atomic E-state index is 12.7. The molecule has 2 N–H and O–H groups in total. The zero-order valence-corrected chi connectivity index (χ0v) is 16.5.